The van der Waals surface area contributed by atoms with E-state index >= 15 is 0 Å². The van der Waals surface area contributed by atoms with Crippen molar-refractivity contribution >= 4 is 34.2 Å². The number of aromatic nitrogens is 2. The van der Waals surface area contributed by atoms with Crippen LogP contribution in [0.4, 0.5) is 16.2 Å². The lowest BCUT2D eigenvalue weighted by Gasteiger charge is -2.27. The molecule has 1 saturated heterocycles. The van der Waals surface area contributed by atoms with E-state index in [4.69, 9.17) is 4.74 Å². The topological polar surface area (TPSA) is 118 Å². The van der Waals surface area contributed by atoms with E-state index in [0.29, 0.717) is 40.9 Å². The van der Waals surface area contributed by atoms with Crippen LogP contribution >= 0.6 is 0 Å². The number of piperidine rings is 1. The maximum Gasteiger partial charge on any atom is 0.331 e. The van der Waals surface area contributed by atoms with Gasteiger partial charge in [-0.2, -0.15) is 0 Å². The molecule has 4 rings (SSSR count). The molecule has 0 bridgehead atoms. The average Bonchev–Trinajstić information content (AvgIpc) is 2.93. The molecule has 2 aromatic carbocycles. The summed E-state index contributed by atoms with van der Waals surface area (Å²) < 4.78 is 8.12. The largest absolute Gasteiger partial charge is 0.383 e. The molecule has 2 N–H and O–H groups in total. The van der Waals surface area contributed by atoms with E-state index in [1.165, 1.54) is 23.0 Å². The first kappa shape index (κ1) is 29.0. The van der Waals surface area contributed by atoms with Crippen molar-refractivity contribution in [3.8, 4) is 0 Å². The van der Waals surface area contributed by atoms with Crippen molar-refractivity contribution in [2.45, 2.75) is 38.8 Å². The Morgan fingerprint density at radius 1 is 0.975 bits per heavy atom. The van der Waals surface area contributed by atoms with Gasteiger partial charge in [0.25, 0.3) is 11.5 Å². The van der Waals surface area contributed by atoms with Crippen LogP contribution in [0, 0.1) is 0 Å². The van der Waals surface area contributed by atoms with E-state index in [-0.39, 0.29) is 18.2 Å². The minimum atomic E-state index is -0.528. The quantitative estimate of drug-likeness (QED) is 0.423. The fraction of sp³-hybridized carbons (Fsp3) is 0.448. The van der Waals surface area contributed by atoms with Gasteiger partial charge in [0.05, 0.1) is 23.6 Å². The molecule has 0 saturated carbocycles. The van der Waals surface area contributed by atoms with Gasteiger partial charge >= 0.3 is 11.7 Å². The molecule has 11 heteroatoms. The highest BCUT2D eigenvalue weighted by atomic mass is 16.5. The van der Waals surface area contributed by atoms with Gasteiger partial charge in [0.15, 0.2) is 0 Å². The van der Waals surface area contributed by atoms with Crippen molar-refractivity contribution in [2.75, 3.05) is 58.1 Å². The van der Waals surface area contributed by atoms with E-state index in [9.17, 15) is 19.2 Å². The van der Waals surface area contributed by atoms with Gasteiger partial charge in [-0.3, -0.25) is 18.7 Å². The molecule has 2 heterocycles. The first-order valence-corrected chi connectivity index (χ1v) is 13.6. The van der Waals surface area contributed by atoms with Crippen LogP contribution < -0.4 is 21.9 Å². The van der Waals surface area contributed by atoms with Crippen LogP contribution in [0.2, 0.25) is 0 Å². The predicted molar refractivity (Wildman–Crippen MR) is 156 cm³/mol. The van der Waals surface area contributed by atoms with Crippen molar-refractivity contribution in [3.63, 3.8) is 0 Å². The molecule has 0 aliphatic carbocycles. The highest BCUT2D eigenvalue weighted by Crippen LogP contribution is 2.18. The second kappa shape index (κ2) is 12.9. The number of nitrogens with one attached hydrogen (secondary N) is 2. The third-order valence-corrected chi connectivity index (χ3v) is 7.14. The summed E-state index contributed by atoms with van der Waals surface area (Å²) in [6.07, 6.45) is 3.52. The number of carbonyl (C=O) groups excluding carboxylic acids is 2. The summed E-state index contributed by atoms with van der Waals surface area (Å²) in [6, 6.07) is 10.6. The van der Waals surface area contributed by atoms with Gasteiger partial charge in [0.2, 0.25) is 0 Å². The lowest BCUT2D eigenvalue weighted by Crippen LogP contribution is -2.44. The number of benzene rings is 2. The molecule has 0 unspecified atom stereocenters. The molecule has 1 atom stereocenters. The number of rotatable bonds is 9. The Morgan fingerprint density at radius 3 is 2.35 bits per heavy atom. The summed E-state index contributed by atoms with van der Waals surface area (Å²) in [5, 5.41) is 5.82. The molecule has 1 fully saturated rings. The summed E-state index contributed by atoms with van der Waals surface area (Å²) in [7, 11) is 4.85. The maximum absolute atomic E-state index is 13.5. The molecule has 3 amide bonds. The number of carbonyl (C=O) groups is 2. The zero-order chi connectivity index (χ0) is 28.8. The van der Waals surface area contributed by atoms with Gasteiger partial charge in [-0.25, -0.2) is 9.59 Å². The van der Waals surface area contributed by atoms with Crippen molar-refractivity contribution in [1.82, 2.24) is 18.9 Å². The van der Waals surface area contributed by atoms with E-state index < -0.39 is 17.6 Å². The van der Waals surface area contributed by atoms with Gasteiger partial charge in [-0.15, -0.1) is 0 Å². The van der Waals surface area contributed by atoms with Gasteiger partial charge < -0.3 is 25.2 Å². The van der Waals surface area contributed by atoms with Gasteiger partial charge in [-0.05, 0) is 69.3 Å². The molecule has 40 heavy (non-hydrogen) atoms. The van der Waals surface area contributed by atoms with Gasteiger partial charge in [0.1, 0.15) is 0 Å². The molecule has 214 valence electrons. The molecule has 0 radical (unpaired) electrons. The SMILES string of the molecule is COC[C@H](C)n1c(=O)c2cc(NC(=O)Nc3cccc(C(=O)N(C)C)c3)ccc2n(CCN2CCCCC2)c1=O. The van der Waals surface area contributed by atoms with Gasteiger partial charge in [0, 0.05) is 51.2 Å². The van der Waals surface area contributed by atoms with E-state index in [2.05, 4.69) is 15.5 Å². The number of urea groups is 1. The number of anilines is 2. The van der Waals surface area contributed by atoms with Crippen LogP contribution in [-0.2, 0) is 11.3 Å². The normalized spacial score (nSPS) is 14.6. The molecule has 0 spiro atoms. The Balaban J connectivity index is 1.63. The molecular formula is C29H38N6O5. The lowest BCUT2D eigenvalue weighted by molar-refractivity contribution is 0.0827. The third-order valence-electron chi connectivity index (χ3n) is 7.14. The fourth-order valence-electron chi connectivity index (χ4n) is 5.10. The first-order chi connectivity index (χ1) is 19.2. The number of fused-ring (bicyclic) bond motifs is 1. The zero-order valence-corrected chi connectivity index (χ0v) is 23.6. The second-order valence-electron chi connectivity index (χ2n) is 10.4. The molecule has 1 aliphatic heterocycles. The van der Waals surface area contributed by atoms with Crippen LogP contribution in [0.1, 0.15) is 42.6 Å². The Hall–Kier alpha value is -3.96. The van der Waals surface area contributed by atoms with E-state index in [0.717, 1.165) is 25.9 Å². The van der Waals surface area contributed by atoms with Crippen LogP contribution in [0.25, 0.3) is 10.9 Å². The number of likely N-dealkylation sites (tertiary alicyclic amines) is 1. The van der Waals surface area contributed by atoms with Crippen LogP contribution in [-0.4, -0.2) is 78.3 Å². The van der Waals surface area contributed by atoms with Crippen LogP contribution in [0.5, 0.6) is 0 Å². The van der Waals surface area contributed by atoms with Crippen LogP contribution in [0.15, 0.2) is 52.1 Å². The third kappa shape index (κ3) is 6.60. The lowest BCUT2D eigenvalue weighted by atomic mass is 10.1. The Morgan fingerprint density at radius 2 is 1.68 bits per heavy atom. The van der Waals surface area contributed by atoms with Crippen molar-refractivity contribution in [2.24, 2.45) is 0 Å². The van der Waals surface area contributed by atoms with E-state index in [1.807, 2.05) is 0 Å². The summed E-state index contributed by atoms with van der Waals surface area (Å²) in [4.78, 5) is 55.9. The zero-order valence-electron chi connectivity index (χ0n) is 23.6. The maximum atomic E-state index is 13.5. The number of nitrogens with zero attached hydrogens (tertiary/aromatic N) is 4. The summed E-state index contributed by atoms with van der Waals surface area (Å²) in [5.41, 5.74) is 1.01. The number of methoxy groups -OCH3 is 1. The minimum Gasteiger partial charge on any atom is -0.383 e. The Bertz CT molecular complexity index is 1490. The minimum absolute atomic E-state index is 0.177. The highest BCUT2D eigenvalue weighted by Gasteiger charge is 2.19. The molecule has 3 aromatic rings. The second-order valence-corrected chi connectivity index (χ2v) is 10.4. The summed E-state index contributed by atoms with van der Waals surface area (Å²) in [6.45, 7) is 5.15. The number of ether oxygens (including phenoxy) is 1. The molecule has 11 nitrogen and oxygen atoms in total. The standard InChI is InChI=1S/C29H38N6O5/c1-20(19-40-4)35-27(37)24-18-23(31-28(38)30-22-10-8-9-21(17-22)26(36)32(2)3)11-12-25(24)34(29(35)39)16-15-33-13-6-5-7-14-33/h8-12,17-18,20H,5-7,13-16,19H2,1-4H3,(H2,30,31,38)/t20-/m0/s1. The number of hydrogen-bond donors (Lipinski definition) is 2. The Labute approximate surface area is 233 Å². The summed E-state index contributed by atoms with van der Waals surface area (Å²) >= 11 is 0. The van der Waals surface area contributed by atoms with Crippen molar-refractivity contribution < 1.29 is 14.3 Å². The fourth-order valence-corrected chi connectivity index (χ4v) is 5.10. The monoisotopic (exact) mass is 550 g/mol. The Kier molecular flexibility index (Phi) is 9.38. The van der Waals surface area contributed by atoms with Crippen molar-refractivity contribution in [1.29, 1.82) is 0 Å². The first-order valence-electron chi connectivity index (χ1n) is 13.6. The smallest absolute Gasteiger partial charge is 0.331 e. The van der Waals surface area contributed by atoms with Crippen LogP contribution in [0.3, 0.4) is 0 Å². The van der Waals surface area contributed by atoms with E-state index in [1.54, 1.807) is 68.1 Å². The number of hydrogen-bond acceptors (Lipinski definition) is 6. The average molecular weight is 551 g/mol. The highest BCUT2D eigenvalue weighted by molar-refractivity contribution is 6.02. The molecule has 1 aromatic heterocycles. The number of amides is 3. The molecular weight excluding hydrogens is 512 g/mol. The summed E-state index contributed by atoms with van der Waals surface area (Å²) in [5.74, 6) is -0.177. The van der Waals surface area contributed by atoms with Crippen molar-refractivity contribution in [3.05, 3.63) is 68.9 Å². The predicted octanol–water partition coefficient (Wildman–Crippen LogP) is 3.20. The molecule has 1 aliphatic rings. The van der Waals surface area contributed by atoms with Gasteiger partial charge in [-0.1, -0.05) is 12.5 Å².